The number of hydrogen-bond donors (Lipinski definition) is 1. The van der Waals surface area contributed by atoms with Crippen molar-refractivity contribution in [2.45, 2.75) is 45.3 Å². The van der Waals surface area contributed by atoms with E-state index < -0.39 is 29.2 Å². The molecule has 0 saturated carbocycles. The number of carbonyl (C=O) groups is 3. The molecule has 1 N–H and O–H groups in total. The van der Waals surface area contributed by atoms with Crippen LogP contribution in [0.25, 0.3) is 0 Å². The van der Waals surface area contributed by atoms with Gasteiger partial charge < -0.3 is 19.5 Å². The van der Waals surface area contributed by atoms with E-state index in [2.05, 4.69) is 4.74 Å². The maximum absolute atomic E-state index is 12.2. The minimum Gasteiger partial charge on any atom is -0.480 e. The summed E-state index contributed by atoms with van der Waals surface area (Å²) in [4.78, 5) is 38.2. The molecule has 1 atom stereocenters. The summed E-state index contributed by atoms with van der Waals surface area (Å²) >= 11 is 0. The van der Waals surface area contributed by atoms with E-state index in [9.17, 15) is 19.5 Å². The molecule has 1 aliphatic heterocycles. The third-order valence-electron chi connectivity index (χ3n) is 3.76. The molecule has 1 aliphatic rings. The smallest absolute Gasteiger partial charge is 0.410 e. The van der Waals surface area contributed by atoms with Crippen LogP contribution in [0.1, 0.15) is 34.1 Å². The summed E-state index contributed by atoms with van der Waals surface area (Å²) in [5.74, 6) is -1.44. The van der Waals surface area contributed by atoms with Gasteiger partial charge in [0.05, 0.1) is 20.1 Å². The van der Waals surface area contributed by atoms with E-state index in [1.54, 1.807) is 32.6 Å². The molecule has 8 nitrogen and oxygen atoms in total. The maximum atomic E-state index is 12.2. The Morgan fingerprint density at radius 3 is 2.30 bits per heavy atom. The van der Waals surface area contributed by atoms with Gasteiger partial charge in [-0.05, 0) is 27.7 Å². The molecule has 1 rings (SSSR count). The summed E-state index contributed by atoms with van der Waals surface area (Å²) in [7, 11) is 1.29. The number of esters is 1. The van der Waals surface area contributed by atoms with Crippen molar-refractivity contribution in [3.63, 3.8) is 0 Å². The van der Waals surface area contributed by atoms with Crippen LogP contribution in [0.3, 0.4) is 0 Å². The van der Waals surface area contributed by atoms with Crippen LogP contribution in [0.5, 0.6) is 0 Å². The van der Waals surface area contributed by atoms with E-state index in [0.29, 0.717) is 13.1 Å². The second-order valence-corrected chi connectivity index (χ2v) is 6.79. The summed E-state index contributed by atoms with van der Waals surface area (Å²) in [6.07, 6.45) is -0.427. The lowest BCUT2D eigenvalue weighted by molar-refractivity contribution is -0.156. The molecule has 1 unspecified atom stereocenters. The van der Waals surface area contributed by atoms with Crippen molar-refractivity contribution in [3.8, 4) is 0 Å². The number of amides is 1. The normalized spacial score (nSPS) is 22.6. The molecular formula is C15H26N2O6. The Labute approximate surface area is 136 Å². The van der Waals surface area contributed by atoms with Gasteiger partial charge in [-0.25, -0.2) is 4.79 Å². The van der Waals surface area contributed by atoms with E-state index in [0.717, 1.165) is 0 Å². The van der Waals surface area contributed by atoms with Crippen molar-refractivity contribution in [2.75, 3.05) is 33.3 Å². The summed E-state index contributed by atoms with van der Waals surface area (Å²) in [5.41, 5.74) is -1.91. The summed E-state index contributed by atoms with van der Waals surface area (Å²) in [6.45, 7) is 7.77. The number of aliphatic carboxylic acids is 1. The predicted octanol–water partition coefficient (Wildman–Crippen LogP) is 0.946. The summed E-state index contributed by atoms with van der Waals surface area (Å²) in [6, 6.07) is 0. The van der Waals surface area contributed by atoms with Gasteiger partial charge in [0.15, 0.2) is 0 Å². The monoisotopic (exact) mass is 330 g/mol. The second-order valence-electron chi connectivity index (χ2n) is 6.79. The number of rotatable bonds is 4. The Morgan fingerprint density at radius 1 is 1.22 bits per heavy atom. The number of hydrogen-bond acceptors (Lipinski definition) is 6. The maximum Gasteiger partial charge on any atom is 0.410 e. The lowest BCUT2D eigenvalue weighted by atomic mass is 9.96. The van der Waals surface area contributed by atoms with Crippen LogP contribution < -0.4 is 0 Å². The lowest BCUT2D eigenvalue weighted by Gasteiger charge is -2.46. The number of methoxy groups -OCH3 is 1. The number of carbonyl (C=O) groups excluding carboxylic acids is 2. The highest BCUT2D eigenvalue weighted by Crippen LogP contribution is 2.24. The molecule has 1 heterocycles. The fraction of sp³-hybridized carbons (Fsp3) is 0.800. The van der Waals surface area contributed by atoms with Gasteiger partial charge in [-0.15, -0.1) is 0 Å². The molecule has 1 saturated heterocycles. The Hall–Kier alpha value is -1.83. The van der Waals surface area contributed by atoms with Gasteiger partial charge >= 0.3 is 18.0 Å². The minimum absolute atomic E-state index is 0.00157. The molecule has 1 fully saturated rings. The van der Waals surface area contributed by atoms with Gasteiger partial charge in [-0.2, -0.15) is 0 Å². The SMILES string of the molecule is COC(=O)CCN1CCN(C(=O)OC(C)(C)C)CC1(C)C(=O)O. The van der Waals surface area contributed by atoms with Gasteiger partial charge in [0.25, 0.3) is 0 Å². The molecule has 0 aliphatic carbocycles. The van der Waals surface area contributed by atoms with Crippen molar-refractivity contribution < 1.29 is 29.0 Å². The Morgan fingerprint density at radius 2 is 1.83 bits per heavy atom. The quantitative estimate of drug-likeness (QED) is 0.766. The number of piperazine rings is 1. The van der Waals surface area contributed by atoms with E-state index in [-0.39, 0.29) is 19.5 Å². The van der Waals surface area contributed by atoms with Crippen LogP contribution in [0.4, 0.5) is 4.79 Å². The first-order valence-corrected chi connectivity index (χ1v) is 7.53. The molecule has 0 aromatic carbocycles. The first-order valence-electron chi connectivity index (χ1n) is 7.53. The van der Waals surface area contributed by atoms with Crippen LogP contribution >= 0.6 is 0 Å². The summed E-state index contributed by atoms with van der Waals surface area (Å²) in [5, 5.41) is 9.59. The summed E-state index contributed by atoms with van der Waals surface area (Å²) < 4.78 is 9.89. The van der Waals surface area contributed by atoms with Gasteiger partial charge in [-0.1, -0.05) is 0 Å². The molecule has 0 radical (unpaired) electrons. The average molecular weight is 330 g/mol. The van der Waals surface area contributed by atoms with E-state index >= 15 is 0 Å². The number of ether oxygens (including phenoxy) is 2. The number of nitrogens with zero attached hydrogens (tertiary/aromatic N) is 2. The molecule has 132 valence electrons. The van der Waals surface area contributed by atoms with E-state index in [1.807, 2.05) is 0 Å². The number of carboxylic acid groups (broad SMARTS) is 1. The molecular weight excluding hydrogens is 304 g/mol. The molecule has 0 aromatic rings. The Balaban J connectivity index is 2.80. The fourth-order valence-corrected chi connectivity index (χ4v) is 2.41. The van der Waals surface area contributed by atoms with Gasteiger partial charge in [0, 0.05) is 19.6 Å². The average Bonchev–Trinajstić information content (AvgIpc) is 2.43. The van der Waals surface area contributed by atoms with Crippen molar-refractivity contribution in [3.05, 3.63) is 0 Å². The van der Waals surface area contributed by atoms with Gasteiger partial charge in [-0.3, -0.25) is 14.5 Å². The highest BCUT2D eigenvalue weighted by atomic mass is 16.6. The van der Waals surface area contributed by atoms with Crippen LogP contribution in [0.2, 0.25) is 0 Å². The van der Waals surface area contributed by atoms with E-state index in [4.69, 9.17) is 4.74 Å². The van der Waals surface area contributed by atoms with Crippen molar-refractivity contribution in [2.24, 2.45) is 0 Å². The van der Waals surface area contributed by atoms with E-state index in [1.165, 1.54) is 12.0 Å². The van der Waals surface area contributed by atoms with Gasteiger partial charge in [0.1, 0.15) is 11.1 Å². The minimum atomic E-state index is -1.27. The fourth-order valence-electron chi connectivity index (χ4n) is 2.41. The molecule has 23 heavy (non-hydrogen) atoms. The topological polar surface area (TPSA) is 96.4 Å². The van der Waals surface area contributed by atoms with Crippen molar-refractivity contribution >= 4 is 18.0 Å². The predicted molar refractivity (Wildman–Crippen MR) is 82.1 cm³/mol. The molecule has 0 bridgehead atoms. The third kappa shape index (κ3) is 5.09. The standard InChI is InChI=1S/C15H26N2O6/c1-14(2,3)23-13(21)16-8-9-17(7-6-11(18)22-5)15(4,10-16)12(19)20/h6-10H2,1-5H3,(H,19,20). The van der Waals surface area contributed by atoms with Gasteiger partial charge in [0.2, 0.25) is 0 Å². The van der Waals surface area contributed by atoms with Crippen LogP contribution in [0, 0.1) is 0 Å². The molecule has 0 aromatic heterocycles. The second kappa shape index (κ2) is 7.16. The molecule has 0 spiro atoms. The van der Waals surface area contributed by atoms with Crippen molar-refractivity contribution in [1.82, 2.24) is 9.80 Å². The molecule has 1 amide bonds. The highest BCUT2D eigenvalue weighted by Gasteiger charge is 2.46. The zero-order chi connectivity index (χ0) is 17.8. The zero-order valence-corrected chi connectivity index (χ0v) is 14.4. The first-order chi connectivity index (χ1) is 10.5. The largest absolute Gasteiger partial charge is 0.480 e. The zero-order valence-electron chi connectivity index (χ0n) is 14.4. The van der Waals surface area contributed by atoms with Crippen LogP contribution in [-0.4, -0.2) is 77.4 Å². The Kier molecular flexibility index (Phi) is 5.98. The van der Waals surface area contributed by atoms with Crippen molar-refractivity contribution in [1.29, 1.82) is 0 Å². The first kappa shape index (κ1) is 19.2. The molecule has 8 heteroatoms. The highest BCUT2D eigenvalue weighted by molar-refractivity contribution is 5.80. The van der Waals surface area contributed by atoms with Crippen LogP contribution in [-0.2, 0) is 19.1 Å². The lowest BCUT2D eigenvalue weighted by Crippen LogP contribution is -2.66. The number of carboxylic acids is 1. The van der Waals surface area contributed by atoms with Crippen LogP contribution in [0.15, 0.2) is 0 Å². The third-order valence-corrected chi connectivity index (χ3v) is 3.76. The Bertz CT molecular complexity index is 473.